The molecule has 0 aromatic carbocycles. The molecule has 0 saturated carbocycles. The summed E-state index contributed by atoms with van der Waals surface area (Å²) in [5.41, 5.74) is 0.781. The first-order valence-corrected chi connectivity index (χ1v) is 4.20. The Kier molecular flexibility index (Phi) is 2.02. The van der Waals surface area contributed by atoms with Gasteiger partial charge >= 0.3 is 0 Å². The number of nitrogens with zero attached hydrogens (tertiary/aromatic N) is 4. The first-order chi connectivity index (χ1) is 6.31. The summed E-state index contributed by atoms with van der Waals surface area (Å²) >= 11 is 5.53. The summed E-state index contributed by atoms with van der Waals surface area (Å²) < 4.78 is 6.77. The minimum absolute atomic E-state index is 0.251. The Bertz CT molecular complexity index is 408. The minimum Gasteiger partial charge on any atom is -0.332 e. The predicted molar refractivity (Wildman–Crippen MR) is 46.1 cm³/mol. The van der Waals surface area contributed by atoms with E-state index in [4.69, 9.17) is 16.1 Å². The molecule has 0 aliphatic heterocycles. The van der Waals surface area contributed by atoms with Crippen LogP contribution in [0.25, 0.3) is 11.6 Å². The molecule has 0 spiro atoms. The monoisotopic (exact) mass is 198 g/mol. The van der Waals surface area contributed by atoms with Crippen LogP contribution >= 0.6 is 11.6 Å². The number of hydrogen-bond donors (Lipinski definition) is 0. The second-order valence-electron chi connectivity index (χ2n) is 2.54. The molecule has 2 aromatic rings. The van der Waals surface area contributed by atoms with Crippen LogP contribution in [-0.4, -0.2) is 19.7 Å². The molecule has 0 aliphatic rings. The van der Waals surface area contributed by atoms with Gasteiger partial charge in [-0.3, -0.25) is 0 Å². The van der Waals surface area contributed by atoms with Gasteiger partial charge in [-0.1, -0.05) is 5.16 Å². The van der Waals surface area contributed by atoms with Gasteiger partial charge in [-0.05, 0) is 0 Å². The lowest BCUT2D eigenvalue weighted by Gasteiger charge is -1.92. The molecule has 0 aliphatic carbocycles. The number of aromatic nitrogens is 4. The summed E-state index contributed by atoms with van der Waals surface area (Å²) in [6.45, 7) is 0. The zero-order chi connectivity index (χ0) is 9.26. The first-order valence-electron chi connectivity index (χ1n) is 3.66. The van der Waals surface area contributed by atoms with Crippen molar-refractivity contribution in [2.75, 3.05) is 0 Å². The van der Waals surface area contributed by atoms with E-state index in [1.807, 2.05) is 7.05 Å². The van der Waals surface area contributed by atoms with Crippen molar-refractivity contribution in [3.63, 3.8) is 0 Å². The Morgan fingerprint density at radius 3 is 3.00 bits per heavy atom. The maximum absolute atomic E-state index is 5.53. The van der Waals surface area contributed by atoms with Crippen molar-refractivity contribution in [3.8, 4) is 11.6 Å². The van der Waals surface area contributed by atoms with Crippen LogP contribution in [0.15, 0.2) is 17.0 Å². The van der Waals surface area contributed by atoms with Gasteiger partial charge in [0.05, 0.1) is 18.4 Å². The van der Waals surface area contributed by atoms with Crippen LogP contribution in [0, 0.1) is 0 Å². The smallest absolute Gasteiger partial charge is 0.276 e. The Labute approximate surface area is 79.3 Å². The van der Waals surface area contributed by atoms with Crippen molar-refractivity contribution in [1.29, 1.82) is 0 Å². The Balaban J connectivity index is 2.41. The van der Waals surface area contributed by atoms with E-state index >= 15 is 0 Å². The summed E-state index contributed by atoms with van der Waals surface area (Å²) in [6.07, 6.45) is 3.32. The largest absolute Gasteiger partial charge is 0.332 e. The van der Waals surface area contributed by atoms with Gasteiger partial charge in [-0.25, -0.2) is 4.98 Å². The summed E-state index contributed by atoms with van der Waals surface area (Å²) in [6, 6.07) is 0. The molecule has 2 heterocycles. The number of hydrogen-bond acceptors (Lipinski definition) is 4. The topological polar surface area (TPSA) is 56.7 Å². The third-order valence-electron chi connectivity index (χ3n) is 1.62. The average molecular weight is 199 g/mol. The van der Waals surface area contributed by atoms with Crippen LogP contribution < -0.4 is 0 Å². The highest BCUT2D eigenvalue weighted by molar-refractivity contribution is 6.16. The number of halogens is 1. The van der Waals surface area contributed by atoms with Gasteiger partial charge in [0.25, 0.3) is 5.89 Å². The van der Waals surface area contributed by atoms with E-state index in [0.29, 0.717) is 11.7 Å². The molecule has 0 saturated heterocycles. The van der Waals surface area contributed by atoms with Crippen molar-refractivity contribution in [1.82, 2.24) is 19.7 Å². The lowest BCUT2D eigenvalue weighted by atomic mass is 10.5. The van der Waals surface area contributed by atoms with Crippen molar-refractivity contribution < 1.29 is 4.52 Å². The SMILES string of the molecule is Cn1cncc1-c1nc(CCl)no1. The van der Waals surface area contributed by atoms with Gasteiger partial charge in [-0.2, -0.15) is 4.98 Å². The van der Waals surface area contributed by atoms with Gasteiger partial charge in [0.1, 0.15) is 5.69 Å². The van der Waals surface area contributed by atoms with Crippen LogP contribution in [0.2, 0.25) is 0 Å². The second kappa shape index (κ2) is 3.18. The summed E-state index contributed by atoms with van der Waals surface area (Å²) in [4.78, 5) is 8.00. The lowest BCUT2D eigenvalue weighted by molar-refractivity contribution is 0.422. The Morgan fingerprint density at radius 2 is 2.46 bits per heavy atom. The van der Waals surface area contributed by atoms with E-state index in [1.54, 1.807) is 17.1 Å². The van der Waals surface area contributed by atoms with E-state index in [-0.39, 0.29) is 5.88 Å². The van der Waals surface area contributed by atoms with Gasteiger partial charge in [0.15, 0.2) is 5.82 Å². The van der Waals surface area contributed by atoms with Crippen LogP contribution in [0.4, 0.5) is 0 Å². The van der Waals surface area contributed by atoms with E-state index in [1.165, 1.54) is 0 Å². The fraction of sp³-hybridized carbons (Fsp3) is 0.286. The molecule has 2 rings (SSSR count). The third kappa shape index (κ3) is 1.42. The molecule has 0 atom stereocenters. The highest BCUT2D eigenvalue weighted by atomic mass is 35.5. The van der Waals surface area contributed by atoms with Crippen molar-refractivity contribution in [3.05, 3.63) is 18.3 Å². The van der Waals surface area contributed by atoms with Crippen molar-refractivity contribution >= 4 is 11.6 Å². The number of alkyl halides is 1. The maximum atomic E-state index is 5.53. The maximum Gasteiger partial charge on any atom is 0.276 e. The van der Waals surface area contributed by atoms with E-state index in [0.717, 1.165) is 5.69 Å². The summed E-state index contributed by atoms with van der Waals surface area (Å²) in [5.74, 6) is 1.18. The summed E-state index contributed by atoms with van der Waals surface area (Å²) in [7, 11) is 1.85. The van der Waals surface area contributed by atoms with Gasteiger partial charge in [0.2, 0.25) is 0 Å². The summed E-state index contributed by atoms with van der Waals surface area (Å²) in [5, 5.41) is 3.67. The predicted octanol–water partition coefficient (Wildman–Crippen LogP) is 1.21. The van der Waals surface area contributed by atoms with Gasteiger partial charge in [0, 0.05) is 7.05 Å². The highest BCUT2D eigenvalue weighted by Crippen LogP contribution is 2.15. The molecule has 6 heteroatoms. The number of rotatable bonds is 2. The number of aryl methyl sites for hydroxylation is 1. The molecule has 13 heavy (non-hydrogen) atoms. The first kappa shape index (κ1) is 8.25. The van der Waals surface area contributed by atoms with Crippen molar-refractivity contribution in [2.45, 2.75) is 5.88 Å². The normalized spacial score (nSPS) is 10.6. The standard InChI is InChI=1S/C7H7ClN4O/c1-12-4-9-3-5(12)7-10-6(2-8)11-13-7/h3-4H,2H2,1H3. The number of imidazole rings is 1. The molecule has 0 fully saturated rings. The zero-order valence-electron chi connectivity index (χ0n) is 6.94. The second-order valence-corrected chi connectivity index (χ2v) is 2.81. The molecular weight excluding hydrogens is 192 g/mol. The van der Waals surface area contributed by atoms with Crippen LogP contribution in [0.5, 0.6) is 0 Å². The molecule has 0 bridgehead atoms. The molecule has 2 aromatic heterocycles. The van der Waals surface area contributed by atoms with Crippen LogP contribution in [-0.2, 0) is 12.9 Å². The third-order valence-corrected chi connectivity index (χ3v) is 1.86. The Morgan fingerprint density at radius 1 is 1.62 bits per heavy atom. The quantitative estimate of drug-likeness (QED) is 0.681. The van der Waals surface area contributed by atoms with Crippen molar-refractivity contribution in [2.24, 2.45) is 7.05 Å². The fourth-order valence-electron chi connectivity index (χ4n) is 0.976. The molecule has 0 N–H and O–H groups in total. The fourth-order valence-corrected chi connectivity index (χ4v) is 1.08. The minimum atomic E-state index is 0.251. The highest BCUT2D eigenvalue weighted by Gasteiger charge is 2.10. The Hall–Kier alpha value is -1.36. The van der Waals surface area contributed by atoms with Crippen LogP contribution in [0.3, 0.4) is 0 Å². The molecular formula is C7H7ClN4O. The molecule has 68 valence electrons. The van der Waals surface area contributed by atoms with E-state index in [2.05, 4.69) is 15.1 Å². The average Bonchev–Trinajstić information content (AvgIpc) is 2.71. The van der Waals surface area contributed by atoms with Gasteiger partial charge < -0.3 is 9.09 Å². The van der Waals surface area contributed by atoms with Gasteiger partial charge in [-0.15, -0.1) is 11.6 Å². The van der Waals surface area contributed by atoms with E-state index in [9.17, 15) is 0 Å². The molecule has 5 nitrogen and oxygen atoms in total. The molecule has 0 unspecified atom stereocenters. The van der Waals surface area contributed by atoms with E-state index < -0.39 is 0 Å². The molecule has 0 radical (unpaired) electrons. The zero-order valence-corrected chi connectivity index (χ0v) is 7.69. The molecule has 0 amide bonds. The lowest BCUT2D eigenvalue weighted by Crippen LogP contribution is -1.89. The van der Waals surface area contributed by atoms with Crippen LogP contribution in [0.1, 0.15) is 5.82 Å².